The van der Waals surface area contributed by atoms with E-state index < -0.39 is 0 Å². The van der Waals surface area contributed by atoms with Crippen molar-refractivity contribution < 1.29 is 14.3 Å². The van der Waals surface area contributed by atoms with Crippen LogP contribution in [0.3, 0.4) is 0 Å². The molecular weight excluding hydrogens is 370 g/mol. The molecule has 0 fully saturated rings. The molecule has 0 radical (unpaired) electrons. The third-order valence-electron chi connectivity index (χ3n) is 4.92. The van der Waals surface area contributed by atoms with E-state index in [1.165, 1.54) is 0 Å². The SMILES string of the molecule is CN(Cc1ccc2c(c1)OCCO2)C(=O)CCCc1nc2ccccc2c(=O)[nH]1. The Bertz CT molecular complexity index is 1090. The van der Waals surface area contributed by atoms with Gasteiger partial charge in [-0.1, -0.05) is 18.2 Å². The predicted molar refractivity (Wildman–Crippen MR) is 109 cm³/mol. The molecule has 0 saturated carbocycles. The summed E-state index contributed by atoms with van der Waals surface area (Å²) < 4.78 is 11.1. The zero-order chi connectivity index (χ0) is 20.2. The van der Waals surface area contributed by atoms with Crippen molar-refractivity contribution in [3.05, 3.63) is 64.2 Å². The Labute approximate surface area is 168 Å². The summed E-state index contributed by atoms with van der Waals surface area (Å²) in [6.45, 7) is 1.60. The lowest BCUT2D eigenvalue weighted by Crippen LogP contribution is -2.26. The molecule has 150 valence electrons. The van der Waals surface area contributed by atoms with Gasteiger partial charge >= 0.3 is 0 Å². The van der Waals surface area contributed by atoms with Crippen molar-refractivity contribution in [2.45, 2.75) is 25.8 Å². The molecule has 1 aromatic heterocycles. The number of nitrogens with zero attached hydrogens (tertiary/aromatic N) is 2. The average Bonchev–Trinajstić information content (AvgIpc) is 2.73. The Balaban J connectivity index is 1.32. The number of aromatic nitrogens is 2. The summed E-state index contributed by atoms with van der Waals surface area (Å²) >= 11 is 0. The standard InChI is InChI=1S/C22H23N3O4/c1-25(14-15-9-10-18-19(13-15)29-12-11-28-18)21(26)8-4-7-20-23-17-6-3-2-5-16(17)22(27)24-20/h2-3,5-6,9-10,13H,4,7-8,11-12,14H2,1H3,(H,23,24,27). The van der Waals surface area contributed by atoms with Crippen LogP contribution < -0.4 is 15.0 Å². The highest BCUT2D eigenvalue weighted by Gasteiger charge is 2.14. The molecule has 1 aliphatic heterocycles. The van der Waals surface area contributed by atoms with E-state index in [-0.39, 0.29) is 11.5 Å². The number of hydrogen-bond acceptors (Lipinski definition) is 5. The van der Waals surface area contributed by atoms with Crippen molar-refractivity contribution in [1.82, 2.24) is 14.9 Å². The lowest BCUT2D eigenvalue weighted by molar-refractivity contribution is -0.130. The van der Waals surface area contributed by atoms with E-state index in [1.54, 1.807) is 18.0 Å². The number of carbonyl (C=O) groups is 1. The summed E-state index contributed by atoms with van der Waals surface area (Å²) in [5.41, 5.74) is 1.52. The van der Waals surface area contributed by atoms with Gasteiger partial charge in [-0.05, 0) is 36.2 Å². The number of aromatic amines is 1. The van der Waals surface area contributed by atoms with Gasteiger partial charge in [0.25, 0.3) is 5.56 Å². The summed E-state index contributed by atoms with van der Waals surface area (Å²) in [5, 5.41) is 0.575. The number of amides is 1. The molecule has 0 aliphatic carbocycles. The van der Waals surface area contributed by atoms with Gasteiger partial charge in [0.1, 0.15) is 19.0 Å². The minimum absolute atomic E-state index is 0.0445. The van der Waals surface area contributed by atoms with Crippen LogP contribution in [0, 0.1) is 0 Å². The molecule has 1 amide bonds. The second-order valence-corrected chi connectivity index (χ2v) is 7.11. The van der Waals surface area contributed by atoms with Crippen LogP contribution in [-0.4, -0.2) is 41.0 Å². The van der Waals surface area contributed by atoms with Crippen molar-refractivity contribution in [2.24, 2.45) is 0 Å². The first-order valence-corrected chi connectivity index (χ1v) is 9.70. The minimum Gasteiger partial charge on any atom is -0.486 e. The first-order valence-electron chi connectivity index (χ1n) is 9.70. The fraction of sp³-hybridized carbons (Fsp3) is 0.318. The number of hydrogen-bond donors (Lipinski definition) is 1. The third kappa shape index (κ3) is 4.39. The number of H-pyrrole nitrogens is 1. The minimum atomic E-state index is -0.146. The van der Waals surface area contributed by atoms with Crippen LogP contribution in [0.1, 0.15) is 24.2 Å². The molecule has 2 heterocycles. The normalized spacial score (nSPS) is 12.7. The Morgan fingerprint density at radius 3 is 2.79 bits per heavy atom. The first-order chi connectivity index (χ1) is 14.1. The molecule has 0 atom stereocenters. The lowest BCUT2D eigenvalue weighted by atomic mass is 10.1. The molecule has 29 heavy (non-hydrogen) atoms. The van der Waals surface area contributed by atoms with Crippen molar-refractivity contribution in [3.63, 3.8) is 0 Å². The Morgan fingerprint density at radius 2 is 1.93 bits per heavy atom. The van der Waals surface area contributed by atoms with E-state index >= 15 is 0 Å². The molecule has 7 nitrogen and oxygen atoms in total. The van der Waals surface area contributed by atoms with Gasteiger partial charge in [0.2, 0.25) is 5.91 Å². The highest BCUT2D eigenvalue weighted by atomic mass is 16.6. The van der Waals surface area contributed by atoms with Gasteiger partial charge in [-0.25, -0.2) is 4.98 Å². The van der Waals surface area contributed by atoms with Crippen LogP contribution in [0.4, 0.5) is 0 Å². The van der Waals surface area contributed by atoms with E-state index in [4.69, 9.17) is 9.47 Å². The highest BCUT2D eigenvalue weighted by Crippen LogP contribution is 2.31. The number of ether oxygens (including phenoxy) is 2. The third-order valence-corrected chi connectivity index (χ3v) is 4.92. The average molecular weight is 393 g/mol. The van der Waals surface area contributed by atoms with Crippen molar-refractivity contribution in [1.29, 1.82) is 0 Å². The number of rotatable bonds is 6. The van der Waals surface area contributed by atoms with Crippen LogP contribution in [0.15, 0.2) is 47.3 Å². The van der Waals surface area contributed by atoms with Gasteiger partial charge in [0.15, 0.2) is 11.5 Å². The fourth-order valence-electron chi connectivity index (χ4n) is 3.40. The zero-order valence-corrected chi connectivity index (χ0v) is 16.3. The van der Waals surface area contributed by atoms with E-state index in [0.29, 0.717) is 55.7 Å². The highest BCUT2D eigenvalue weighted by molar-refractivity contribution is 5.77. The molecule has 4 rings (SSSR count). The Hall–Kier alpha value is -3.35. The van der Waals surface area contributed by atoms with Crippen molar-refractivity contribution in [2.75, 3.05) is 20.3 Å². The second-order valence-electron chi connectivity index (χ2n) is 7.11. The van der Waals surface area contributed by atoms with Crippen LogP contribution in [0.2, 0.25) is 0 Å². The van der Waals surface area contributed by atoms with Gasteiger partial charge < -0.3 is 19.4 Å². The largest absolute Gasteiger partial charge is 0.486 e. The molecular formula is C22H23N3O4. The van der Waals surface area contributed by atoms with Crippen LogP contribution in [-0.2, 0) is 17.8 Å². The van der Waals surface area contributed by atoms with E-state index in [9.17, 15) is 9.59 Å². The van der Waals surface area contributed by atoms with Crippen molar-refractivity contribution in [3.8, 4) is 11.5 Å². The zero-order valence-electron chi connectivity index (χ0n) is 16.3. The second kappa shape index (κ2) is 8.34. The van der Waals surface area contributed by atoms with Gasteiger partial charge in [0.05, 0.1) is 10.9 Å². The summed E-state index contributed by atoms with van der Waals surface area (Å²) in [5.74, 6) is 2.12. The topological polar surface area (TPSA) is 84.5 Å². The monoisotopic (exact) mass is 393 g/mol. The molecule has 1 N–H and O–H groups in total. The maximum absolute atomic E-state index is 12.5. The molecule has 0 bridgehead atoms. The fourth-order valence-corrected chi connectivity index (χ4v) is 3.40. The number of para-hydroxylation sites is 1. The van der Waals surface area contributed by atoms with Crippen LogP contribution >= 0.6 is 0 Å². The molecule has 0 unspecified atom stereocenters. The summed E-state index contributed by atoms with van der Waals surface area (Å²) in [6.07, 6.45) is 1.55. The van der Waals surface area contributed by atoms with Crippen molar-refractivity contribution >= 4 is 16.8 Å². The molecule has 0 spiro atoms. The van der Waals surface area contributed by atoms with E-state index in [0.717, 1.165) is 17.1 Å². The van der Waals surface area contributed by atoms with Crippen LogP contribution in [0.5, 0.6) is 11.5 Å². The number of benzene rings is 2. The first kappa shape index (κ1) is 19.0. The van der Waals surface area contributed by atoms with Gasteiger partial charge in [-0.15, -0.1) is 0 Å². The van der Waals surface area contributed by atoms with Gasteiger partial charge in [-0.3, -0.25) is 9.59 Å². The maximum atomic E-state index is 12.5. The number of fused-ring (bicyclic) bond motifs is 2. The number of carbonyl (C=O) groups excluding carboxylic acids is 1. The predicted octanol–water partition coefficient (Wildman–Crippen LogP) is 2.68. The summed E-state index contributed by atoms with van der Waals surface area (Å²) in [6, 6.07) is 13.0. The lowest BCUT2D eigenvalue weighted by Gasteiger charge is -2.21. The molecule has 0 saturated heterocycles. The number of aryl methyl sites for hydroxylation is 1. The van der Waals surface area contributed by atoms with Crippen LogP contribution in [0.25, 0.3) is 10.9 Å². The Morgan fingerprint density at radius 1 is 1.14 bits per heavy atom. The Kier molecular flexibility index (Phi) is 5.46. The number of nitrogens with one attached hydrogen (secondary N) is 1. The summed E-state index contributed by atoms with van der Waals surface area (Å²) in [4.78, 5) is 33.6. The molecule has 2 aromatic carbocycles. The van der Waals surface area contributed by atoms with Gasteiger partial charge in [0, 0.05) is 26.4 Å². The van der Waals surface area contributed by atoms with Gasteiger partial charge in [-0.2, -0.15) is 0 Å². The van der Waals surface area contributed by atoms with E-state index in [2.05, 4.69) is 9.97 Å². The van der Waals surface area contributed by atoms with E-state index in [1.807, 2.05) is 36.4 Å². The quantitative estimate of drug-likeness (QED) is 0.696. The summed E-state index contributed by atoms with van der Waals surface area (Å²) in [7, 11) is 1.79. The maximum Gasteiger partial charge on any atom is 0.258 e. The molecule has 3 aromatic rings. The molecule has 7 heteroatoms. The smallest absolute Gasteiger partial charge is 0.258 e. The molecule has 1 aliphatic rings.